The van der Waals surface area contributed by atoms with E-state index in [9.17, 15) is 29.4 Å². The number of hydrogen-bond acceptors (Lipinski definition) is 18. The molecule has 4 aliphatic heterocycles. The average Bonchev–Trinajstić information content (AvgIpc) is 3.19. The van der Waals surface area contributed by atoms with Gasteiger partial charge in [0.2, 0.25) is 0 Å². The lowest BCUT2D eigenvalue weighted by molar-refractivity contribution is -0.344. The van der Waals surface area contributed by atoms with Crippen LogP contribution in [0, 0.1) is 11.8 Å². The highest BCUT2D eigenvalue weighted by Gasteiger charge is 2.53. The number of cyclic esters (lactones) is 1. The SMILES string of the molecule is COC1[C@@H](O[C@@H]2O[C@H](C)[C@@H](O[C@H]3C[C@@](C)(O)[C@@H](OC(C)=O)[C@H](C)O3)[C@H](N(C)C)[C@H]2O)[C@@H](CC=O)C[C@@H](C)[C@@H](O[C@H]2CC[C@H](N(C)C)[C@@H](C)O2)/C=C/C=C/C[C@@H](C)OC(=O)C[C@H]1OC(C)=O. The Kier molecular flexibility index (Phi) is 21.0. The van der Waals surface area contributed by atoms with Crippen molar-refractivity contribution in [3.8, 4) is 0 Å². The van der Waals surface area contributed by atoms with Gasteiger partial charge in [-0.1, -0.05) is 31.2 Å². The summed E-state index contributed by atoms with van der Waals surface area (Å²) in [4.78, 5) is 54.6. The quantitative estimate of drug-likeness (QED) is 0.154. The zero-order valence-electron chi connectivity index (χ0n) is 40.7. The molecule has 0 amide bonds. The number of methoxy groups -OCH3 is 1. The summed E-state index contributed by atoms with van der Waals surface area (Å²) in [7, 11) is 8.99. The Morgan fingerprint density at radius 1 is 0.862 bits per heavy atom. The molecule has 1 unspecified atom stereocenters. The number of nitrogens with zero attached hydrogens (tertiary/aromatic N) is 2. The Bertz CT molecular complexity index is 1590. The van der Waals surface area contributed by atoms with Crippen LogP contribution in [0.2, 0.25) is 0 Å². The highest BCUT2D eigenvalue weighted by Crippen LogP contribution is 2.38. The maximum atomic E-state index is 13.5. The maximum Gasteiger partial charge on any atom is 0.309 e. The van der Waals surface area contributed by atoms with Crippen molar-refractivity contribution in [3.63, 3.8) is 0 Å². The van der Waals surface area contributed by atoms with E-state index in [2.05, 4.69) is 4.90 Å². The summed E-state index contributed by atoms with van der Waals surface area (Å²) in [6.07, 6.45) is -1.93. The summed E-state index contributed by atoms with van der Waals surface area (Å²) in [5, 5.41) is 23.6. The Hall–Kier alpha value is -2.88. The number of aliphatic hydroxyl groups is 2. The van der Waals surface area contributed by atoms with Crippen LogP contribution in [-0.2, 0) is 66.5 Å². The molecule has 2 N–H and O–H groups in total. The summed E-state index contributed by atoms with van der Waals surface area (Å²) in [5.74, 6) is -2.81. The first-order valence-electron chi connectivity index (χ1n) is 23.1. The molecule has 4 rings (SSSR count). The van der Waals surface area contributed by atoms with Crippen LogP contribution in [0.5, 0.6) is 0 Å². The van der Waals surface area contributed by atoms with Gasteiger partial charge in [-0.05, 0) is 93.9 Å². The Morgan fingerprint density at radius 3 is 2.12 bits per heavy atom. The van der Waals surface area contributed by atoms with Gasteiger partial charge in [0.15, 0.2) is 25.0 Å². The third-order valence-electron chi connectivity index (χ3n) is 12.9. The second-order valence-electron chi connectivity index (χ2n) is 19.0. The predicted molar refractivity (Wildman–Crippen MR) is 236 cm³/mol. The zero-order chi connectivity index (χ0) is 48.3. The van der Waals surface area contributed by atoms with Crippen molar-refractivity contribution < 1.29 is 76.8 Å². The summed E-state index contributed by atoms with van der Waals surface area (Å²) >= 11 is 0. The van der Waals surface area contributed by atoms with Gasteiger partial charge in [-0.3, -0.25) is 14.4 Å². The van der Waals surface area contributed by atoms with E-state index in [0.717, 1.165) is 12.7 Å². The van der Waals surface area contributed by atoms with Gasteiger partial charge in [-0.2, -0.15) is 0 Å². The molecule has 0 aromatic carbocycles. The van der Waals surface area contributed by atoms with Crippen molar-refractivity contribution in [2.24, 2.45) is 11.8 Å². The Balaban J connectivity index is 1.72. The van der Waals surface area contributed by atoms with E-state index in [1.54, 1.807) is 46.7 Å². The smallest absolute Gasteiger partial charge is 0.309 e. The van der Waals surface area contributed by atoms with E-state index in [4.69, 9.17) is 47.4 Å². The number of hydrogen-bond donors (Lipinski definition) is 2. The van der Waals surface area contributed by atoms with Crippen LogP contribution in [0.4, 0.5) is 0 Å². The molecule has 65 heavy (non-hydrogen) atoms. The lowest BCUT2D eigenvalue weighted by Gasteiger charge is -2.50. The summed E-state index contributed by atoms with van der Waals surface area (Å²) < 4.78 is 62.1. The summed E-state index contributed by atoms with van der Waals surface area (Å²) in [5.41, 5.74) is -1.49. The van der Waals surface area contributed by atoms with E-state index in [0.29, 0.717) is 19.3 Å². The molecule has 0 bridgehead atoms. The van der Waals surface area contributed by atoms with Crippen LogP contribution in [0.15, 0.2) is 24.3 Å². The molecule has 3 fully saturated rings. The minimum absolute atomic E-state index is 0.0464. The molecule has 0 spiro atoms. The minimum Gasteiger partial charge on any atom is -0.462 e. The molecule has 3 saturated heterocycles. The van der Waals surface area contributed by atoms with Crippen LogP contribution in [-0.4, -0.2) is 183 Å². The molecular formula is C47H78N2O16. The number of ether oxygens (including phenoxy) is 10. The number of rotatable bonds is 13. The van der Waals surface area contributed by atoms with Crippen molar-refractivity contribution >= 4 is 24.2 Å². The largest absolute Gasteiger partial charge is 0.462 e. The number of carbonyl (C=O) groups excluding carboxylic acids is 4. The molecule has 0 radical (unpaired) electrons. The fourth-order valence-corrected chi connectivity index (χ4v) is 9.80. The number of esters is 3. The van der Waals surface area contributed by atoms with E-state index in [-0.39, 0.29) is 30.9 Å². The third-order valence-corrected chi connectivity index (χ3v) is 12.9. The molecule has 4 heterocycles. The molecule has 19 atom stereocenters. The molecule has 0 aromatic rings. The number of likely N-dealkylation sites (N-methyl/N-ethyl adjacent to an activating group) is 2. The Morgan fingerprint density at radius 2 is 1.54 bits per heavy atom. The minimum atomic E-state index is -1.49. The molecule has 0 aromatic heterocycles. The van der Waals surface area contributed by atoms with Crippen molar-refractivity contribution in [2.75, 3.05) is 35.3 Å². The van der Waals surface area contributed by atoms with Crippen molar-refractivity contribution in [2.45, 2.75) is 204 Å². The van der Waals surface area contributed by atoms with Gasteiger partial charge < -0.3 is 72.2 Å². The van der Waals surface area contributed by atoms with Gasteiger partial charge in [0.05, 0.1) is 43.0 Å². The summed E-state index contributed by atoms with van der Waals surface area (Å²) in [6.45, 7) is 13.3. The molecule has 372 valence electrons. The third kappa shape index (κ3) is 15.3. The van der Waals surface area contributed by atoms with Crippen LogP contribution >= 0.6 is 0 Å². The number of aliphatic hydroxyl groups excluding tert-OH is 1. The van der Waals surface area contributed by atoms with Gasteiger partial charge in [-0.15, -0.1) is 0 Å². The second-order valence-corrected chi connectivity index (χ2v) is 19.0. The van der Waals surface area contributed by atoms with Crippen molar-refractivity contribution in [1.29, 1.82) is 0 Å². The lowest BCUT2D eigenvalue weighted by Crippen LogP contribution is -2.66. The number of aldehydes is 1. The van der Waals surface area contributed by atoms with Crippen LogP contribution in [0.1, 0.15) is 100 Å². The van der Waals surface area contributed by atoms with Crippen LogP contribution in [0.25, 0.3) is 0 Å². The first kappa shape index (κ1) is 54.7. The van der Waals surface area contributed by atoms with E-state index < -0.39 is 122 Å². The standard InChI is InChI=1S/C47H78N2O16/c1-26-23-33(21-22-50)43(65-46-41(54)40(49(11)12)42(29(4)60-46)64-39-25-47(8,55)45(30(5)59-39)62-32(7)52)44(56-13)36(61-31(6)51)24-37(53)57-27(2)17-15-14-16-18-35(26)63-38-20-19-34(48(9)10)28(3)58-38/h14-16,18,22,26-30,33-36,38-46,54-55H,17,19-21,23-25H2,1-13H3/b15-14+,18-16+/t26-,27-,28-,29-,30+,33+,34+,35+,36-,38+,39+,40-,41-,42-,43+,44?,45+,46+,47-/m1/s1. The van der Waals surface area contributed by atoms with E-state index >= 15 is 0 Å². The van der Waals surface area contributed by atoms with E-state index in [1.807, 2.05) is 52.2 Å². The molecule has 0 saturated carbocycles. The first-order chi connectivity index (χ1) is 30.6. The zero-order valence-corrected chi connectivity index (χ0v) is 40.7. The predicted octanol–water partition coefficient (Wildman–Crippen LogP) is 3.47. The lowest BCUT2D eigenvalue weighted by atomic mass is 9.82. The van der Waals surface area contributed by atoms with Crippen molar-refractivity contribution in [3.05, 3.63) is 24.3 Å². The van der Waals surface area contributed by atoms with Gasteiger partial charge in [0.1, 0.15) is 42.4 Å². The maximum absolute atomic E-state index is 13.5. The highest BCUT2D eigenvalue weighted by molar-refractivity contribution is 5.72. The van der Waals surface area contributed by atoms with Gasteiger partial charge in [0, 0.05) is 46.3 Å². The fraction of sp³-hybridized carbons (Fsp3) is 0.830. The molecule has 4 aliphatic rings. The highest BCUT2D eigenvalue weighted by atomic mass is 16.7. The molecule has 18 heteroatoms. The van der Waals surface area contributed by atoms with Gasteiger partial charge in [-0.25, -0.2) is 0 Å². The summed E-state index contributed by atoms with van der Waals surface area (Å²) in [6, 6.07) is -0.544. The second kappa shape index (κ2) is 24.9. The van der Waals surface area contributed by atoms with Crippen molar-refractivity contribution in [1.82, 2.24) is 9.80 Å². The van der Waals surface area contributed by atoms with Gasteiger partial charge >= 0.3 is 17.9 Å². The first-order valence-corrected chi connectivity index (χ1v) is 23.1. The number of carbonyl (C=O) groups is 4. The monoisotopic (exact) mass is 927 g/mol. The van der Waals surface area contributed by atoms with Gasteiger partial charge in [0.25, 0.3) is 0 Å². The van der Waals surface area contributed by atoms with E-state index in [1.165, 1.54) is 21.0 Å². The fourth-order valence-electron chi connectivity index (χ4n) is 9.80. The van der Waals surface area contributed by atoms with Crippen LogP contribution < -0.4 is 0 Å². The normalized spacial score (nSPS) is 42.4. The molecule has 0 aliphatic carbocycles. The average molecular weight is 927 g/mol. The molecule has 18 nitrogen and oxygen atoms in total. The van der Waals surface area contributed by atoms with Crippen LogP contribution in [0.3, 0.4) is 0 Å². The Labute approximate surface area is 385 Å². The topological polar surface area (TPSA) is 208 Å². The number of allylic oxidation sites excluding steroid dienone is 2. The molecular weight excluding hydrogens is 849 g/mol.